The molecule has 0 saturated carbocycles. The first-order valence-electron chi connectivity index (χ1n) is 3.51. The van der Waals surface area contributed by atoms with Crippen molar-refractivity contribution in [3.05, 3.63) is 21.6 Å². The zero-order valence-corrected chi connectivity index (χ0v) is 6.32. The third-order valence-corrected chi connectivity index (χ3v) is 1.59. The number of aryl methyl sites for hydroxylation is 1. The maximum Gasteiger partial charge on any atom is 0.267 e. The van der Waals surface area contributed by atoms with Gasteiger partial charge in [-0.05, 0) is 13.3 Å². The second kappa shape index (κ2) is 2.73. The van der Waals surface area contributed by atoms with E-state index in [1.165, 1.54) is 0 Å². The van der Waals surface area contributed by atoms with Gasteiger partial charge in [0.05, 0.1) is 0 Å². The highest BCUT2D eigenvalue weighted by Crippen LogP contribution is 1.99. The first-order chi connectivity index (χ1) is 4.75. The van der Waals surface area contributed by atoms with E-state index in [4.69, 9.17) is 0 Å². The predicted molar refractivity (Wildman–Crippen MR) is 40.1 cm³/mol. The molecule has 0 aliphatic heterocycles. The molecule has 0 aliphatic carbocycles. The third kappa shape index (κ3) is 1.12. The highest BCUT2D eigenvalue weighted by molar-refractivity contribution is 5.14. The number of aromatic amines is 2. The van der Waals surface area contributed by atoms with E-state index in [0.717, 1.165) is 24.1 Å². The van der Waals surface area contributed by atoms with Crippen molar-refractivity contribution in [2.45, 2.75) is 26.7 Å². The lowest BCUT2D eigenvalue weighted by Gasteiger charge is -1.90. The Balaban J connectivity index is 2.99. The van der Waals surface area contributed by atoms with Gasteiger partial charge in [-0.1, -0.05) is 13.3 Å². The molecule has 0 unspecified atom stereocenters. The minimum atomic E-state index is 0.0272. The van der Waals surface area contributed by atoms with Gasteiger partial charge >= 0.3 is 0 Å². The monoisotopic (exact) mass is 140 g/mol. The quantitative estimate of drug-likeness (QED) is 0.631. The summed E-state index contributed by atoms with van der Waals surface area (Å²) in [6, 6.07) is 0. The molecule has 1 heterocycles. The van der Waals surface area contributed by atoms with Crippen LogP contribution in [0.4, 0.5) is 0 Å². The van der Waals surface area contributed by atoms with Crippen LogP contribution in [0.5, 0.6) is 0 Å². The molecule has 56 valence electrons. The van der Waals surface area contributed by atoms with Crippen LogP contribution in [-0.4, -0.2) is 10.2 Å². The van der Waals surface area contributed by atoms with Gasteiger partial charge in [0.15, 0.2) is 0 Å². The van der Waals surface area contributed by atoms with Crippen LogP contribution in [0.25, 0.3) is 0 Å². The zero-order chi connectivity index (χ0) is 7.56. The minimum Gasteiger partial charge on any atom is -0.302 e. The van der Waals surface area contributed by atoms with Crippen molar-refractivity contribution >= 4 is 0 Å². The molecule has 2 N–H and O–H groups in total. The number of aromatic nitrogens is 2. The van der Waals surface area contributed by atoms with Gasteiger partial charge in [-0.25, -0.2) is 0 Å². The second-order valence-electron chi connectivity index (χ2n) is 2.43. The Bertz CT molecular complexity index is 259. The molecule has 10 heavy (non-hydrogen) atoms. The molecule has 0 aromatic carbocycles. The van der Waals surface area contributed by atoms with E-state index in [1.807, 2.05) is 6.92 Å². The summed E-state index contributed by atoms with van der Waals surface area (Å²) in [6.07, 6.45) is 1.88. The number of rotatable bonds is 2. The lowest BCUT2D eigenvalue weighted by atomic mass is 10.1. The Morgan fingerprint density at radius 3 is 2.50 bits per heavy atom. The molecule has 0 fully saturated rings. The van der Waals surface area contributed by atoms with Crippen LogP contribution < -0.4 is 5.56 Å². The highest BCUT2D eigenvalue weighted by atomic mass is 16.1. The van der Waals surface area contributed by atoms with Crippen molar-refractivity contribution in [2.75, 3.05) is 0 Å². The van der Waals surface area contributed by atoms with Gasteiger partial charge in [-0.2, -0.15) is 0 Å². The van der Waals surface area contributed by atoms with Gasteiger partial charge < -0.3 is 5.10 Å². The summed E-state index contributed by atoms with van der Waals surface area (Å²) in [5.41, 5.74) is 1.88. The molecule has 0 saturated heterocycles. The number of hydrogen-bond donors (Lipinski definition) is 2. The van der Waals surface area contributed by atoms with Gasteiger partial charge in [-0.15, -0.1) is 0 Å². The van der Waals surface area contributed by atoms with Crippen LogP contribution in [0.15, 0.2) is 4.79 Å². The molecular weight excluding hydrogens is 128 g/mol. The van der Waals surface area contributed by atoms with E-state index in [2.05, 4.69) is 17.1 Å². The third-order valence-electron chi connectivity index (χ3n) is 1.59. The second-order valence-corrected chi connectivity index (χ2v) is 2.43. The molecule has 0 bridgehead atoms. The van der Waals surface area contributed by atoms with E-state index in [9.17, 15) is 4.79 Å². The summed E-state index contributed by atoms with van der Waals surface area (Å²) in [7, 11) is 0. The van der Waals surface area contributed by atoms with Crippen LogP contribution >= 0.6 is 0 Å². The molecule has 0 radical (unpaired) electrons. The molecular formula is C7H12N2O. The zero-order valence-electron chi connectivity index (χ0n) is 6.32. The predicted octanol–water partition coefficient (Wildman–Crippen LogP) is 0.964. The fourth-order valence-corrected chi connectivity index (χ4v) is 1.02. The average molecular weight is 140 g/mol. The van der Waals surface area contributed by atoms with Crippen molar-refractivity contribution in [1.29, 1.82) is 0 Å². The number of H-pyrrole nitrogens is 2. The van der Waals surface area contributed by atoms with Gasteiger partial charge in [0.25, 0.3) is 5.56 Å². The summed E-state index contributed by atoms with van der Waals surface area (Å²) in [4.78, 5) is 10.9. The molecule has 1 rings (SSSR count). The van der Waals surface area contributed by atoms with E-state index in [-0.39, 0.29) is 5.56 Å². The Kier molecular flexibility index (Phi) is 1.94. The Labute approximate surface area is 59.4 Å². The van der Waals surface area contributed by atoms with E-state index < -0.39 is 0 Å². The fourth-order valence-electron chi connectivity index (χ4n) is 1.02. The number of hydrogen-bond acceptors (Lipinski definition) is 1. The van der Waals surface area contributed by atoms with Crippen LogP contribution in [0.2, 0.25) is 0 Å². The van der Waals surface area contributed by atoms with Gasteiger partial charge in [-0.3, -0.25) is 9.89 Å². The summed E-state index contributed by atoms with van der Waals surface area (Å²) < 4.78 is 0. The summed E-state index contributed by atoms with van der Waals surface area (Å²) in [6.45, 7) is 3.97. The Morgan fingerprint density at radius 2 is 2.10 bits per heavy atom. The average Bonchev–Trinajstić information content (AvgIpc) is 2.20. The smallest absolute Gasteiger partial charge is 0.267 e. The molecule has 3 heteroatoms. The molecule has 0 atom stereocenters. The first kappa shape index (κ1) is 7.12. The molecule has 0 amide bonds. The van der Waals surface area contributed by atoms with Crippen molar-refractivity contribution in [1.82, 2.24) is 10.2 Å². The topological polar surface area (TPSA) is 48.6 Å². The number of nitrogens with one attached hydrogen (secondary N) is 2. The summed E-state index contributed by atoms with van der Waals surface area (Å²) >= 11 is 0. The molecule has 3 nitrogen and oxygen atoms in total. The Morgan fingerprint density at radius 1 is 1.40 bits per heavy atom. The van der Waals surface area contributed by atoms with Crippen molar-refractivity contribution in [3.63, 3.8) is 0 Å². The standard InChI is InChI=1S/C7H12N2O/c1-3-4-6-5(2)8-9-7(6)10/h3-4H2,1-2H3,(H2,8,9,10). The van der Waals surface area contributed by atoms with Crippen molar-refractivity contribution in [2.24, 2.45) is 0 Å². The molecule has 0 aliphatic rings. The largest absolute Gasteiger partial charge is 0.302 e. The lowest BCUT2D eigenvalue weighted by molar-refractivity contribution is 0.906. The van der Waals surface area contributed by atoms with E-state index in [0.29, 0.717) is 0 Å². The van der Waals surface area contributed by atoms with Crippen molar-refractivity contribution in [3.8, 4) is 0 Å². The SMILES string of the molecule is CCCc1c(C)[nH][nH]c1=O. The molecule has 1 aromatic rings. The van der Waals surface area contributed by atoms with Crippen LogP contribution in [-0.2, 0) is 6.42 Å². The van der Waals surface area contributed by atoms with Crippen LogP contribution in [0.1, 0.15) is 24.6 Å². The van der Waals surface area contributed by atoms with Gasteiger partial charge in [0, 0.05) is 11.3 Å². The maximum absolute atomic E-state index is 10.9. The normalized spacial score (nSPS) is 10.2. The van der Waals surface area contributed by atoms with E-state index >= 15 is 0 Å². The summed E-state index contributed by atoms with van der Waals surface area (Å²) in [5.74, 6) is 0. The maximum atomic E-state index is 10.9. The minimum absolute atomic E-state index is 0.0272. The lowest BCUT2D eigenvalue weighted by Crippen LogP contribution is -2.05. The molecule has 1 aromatic heterocycles. The van der Waals surface area contributed by atoms with Crippen LogP contribution in [0, 0.1) is 6.92 Å². The highest BCUT2D eigenvalue weighted by Gasteiger charge is 2.02. The van der Waals surface area contributed by atoms with E-state index in [1.54, 1.807) is 0 Å². The van der Waals surface area contributed by atoms with Gasteiger partial charge in [0.1, 0.15) is 0 Å². The van der Waals surface area contributed by atoms with Crippen LogP contribution in [0.3, 0.4) is 0 Å². The summed E-state index contributed by atoms with van der Waals surface area (Å²) in [5, 5.41) is 5.33. The molecule has 0 spiro atoms. The first-order valence-corrected chi connectivity index (χ1v) is 3.51. The fraction of sp³-hybridized carbons (Fsp3) is 0.571. The van der Waals surface area contributed by atoms with Crippen molar-refractivity contribution < 1.29 is 0 Å². The Hall–Kier alpha value is -0.990. The van der Waals surface area contributed by atoms with Gasteiger partial charge in [0.2, 0.25) is 0 Å².